The predicted molar refractivity (Wildman–Crippen MR) is 56.2 cm³/mol. The van der Waals surface area contributed by atoms with Gasteiger partial charge >= 0.3 is 0 Å². The number of hydrogen-bond donors (Lipinski definition) is 0. The van der Waals surface area contributed by atoms with E-state index in [9.17, 15) is 0 Å². The average Bonchev–Trinajstić information content (AvgIpc) is 2.09. The van der Waals surface area contributed by atoms with Gasteiger partial charge in [-0.1, -0.05) is 47.5 Å². The second-order valence-electron chi connectivity index (χ2n) is 2.25. The van der Waals surface area contributed by atoms with Gasteiger partial charge in [-0.3, -0.25) is 0 Å². The van der Waals surface area contributed by atoms with Crippen LogP contribution in [0.25, 0.3) is 12.2 Å². The van der Waals surface area contributed by atoms with Crippen LogP contribution in [0.3, 0.4) is 0 Å². The number of hydrogen-bond acceptors (Lipinski definition) is 0. The van der Waals surface area contributed by atoms with E-state index in [0.29, 0.717) is 0 Å². The third kappa shape index (κ3) is 2.72. The predicted octanol–water partition coefficient (Wildman–Crippen LogP) is 4.11. The van der Waals surface area contributed by atoms with Crippen LogP contribution < -0.4 is 0 Å². The molecular formula is C10H8Cl2. The normalized spacial score (nSPS) is 11.5. The largest absolute Gasteiger partial charge is 0.0929 e. The molecule has 0 aliphatic rings. The van der Waals surface area contributed by atoms with E-state index in [-0.39, 0.29) is 0 Å². The Morgan fingerprint density at radius 1 is 0.750 bits per heavy atom. The zero-order valence-electron chi connectivity index (χ0n) is 6.37. The van der Waals surface area contributed by atoms with E-state index >= 15 is 0 Å². The summed E-state index contributed by atoms with van der Waals surface area (Å²) >= 11 is 10.8. The summed E-state index contributed by atoms with van der Waals surface area (Å²) in [6.07, 6.45) is 3.66. The maximum Gasteiger partial charge on any atom is 0.00484 e. The van der Waals surface area contributed by atoms with E-state index in [1.54, 1.807) is 0 Å². The zero-order valence-corrected chi connectivity index (χ0v) is 7.89. The fourth-order valence-corrected chi connectivity index (χ4v) is 1.15. The van der Waals surface area contributed by atoms with Crippen molar-refractivity contribution in [3.8, 4) is 0 Å². The molecule has 0 N–H and O–H groups in total. The molecular weight excluding hydrogens is 191 g/mol. The van der Waals surface area contributed by atoms with Crippen LogP contribution in [-0.2, 0) is 0 Å². The van der Waals surface area contributed by atoms with Crippen LogP contribution in [0.1, 0.15) is 11.1 Å². The lowest BCUT2D eigenvalue weighted by Crippen LogP contribution is -1.72. The lowest BCUT2D eigenvalue weighted by molar-refractivity contribution is 1.62. The molecule has 0 aromatic heterocycles. The number of benzene rings is 1. The van der Waals surface area contributed by atoms with Crippen molar-refractivity contribution in [3.63, 3.8) is 0 Å². The van der Waals surface area contributed by atoms with Crippen molar-refractivity contribution < 1.29 is 0 Å². The first kappa shape index (κ1) is 9.37. The molecule has 0 nitrogen and oxygen atoms in total. The lowest BCUT2D eigenvalue weighted by Gasteiger charge is -1.93. The summed E-state index contributed by atoms with van der Waals surface area (Å²) in [6, 6.07) is 7.91. The Balaban J connectivity index is 2.85. The number of rotatable bonds is 2. The summed E-state index contributed by atoms with van der Waals surface area (Å²) < 4.78 is 0. The Bertz CT molecular complexity index is 252. The highest BCUT2D eigenvalue weighted by molar-refractivity contribution is 6.27. The van der Waals surface area contributed by atoms with Crippen molar-refractivity contribution >= 4 is 35.4 Å². The van der Waals surface area contributed by atoms with Crippen molar-refractivity contribution in [1.29, 1.82) is 0 Å². The molecule has 0 atom stereocenters. The SMILES string of the molecule is Cl/C=C/c1ccc(/C=C/Cl)cc1. The molecule has 62 valence electrons. The van der Waals surface area contributed by atoms with Crippen molar-refractivity contribution in [1.82, 2.24) is 0 Å². The van der Waals surface area contributed by atoms with Gasteiger partial charge in [-0.15, -0.1) is 0 Å². The second kappa shape index (κ2) is 5.02. The van der Waals surface area contributed by atoms with Gasteiger partial charge in [0.05, 0.1) is 0 Å². The monoisotopic (exact) mass is 198 g/mol. The highest BCUT2D eigenvalue weighted by Gasteiger charge is 1.86. The van der Waals surface area contributed by atoms with E-state index in [1.807, 2.05) is 36.4 Å². The Labute approximate surface area is 82.1 Å². The standard InChI is InChI=1S/C10H8Cl2/c11-7-5-9-1-2-10(4-3-9)6-8-12/h1-8H/b7-5+,8-6+. The summed E-state index contributed by atoms with van der Waals surface area (Å²) in [5.41, 5.74) is 5.15. The first-order chi connectivity index (χ1) is 5.86. The summed E-state index contributed by atoms with van der Waals surface area (Å²) in [5.74, 6) is 0. The molecule has 2 heteroatoms. The molecule has 1 aromatic rings. The van der Waals surface area contributed by atoms with Crippen molar-refractivity contribution in [3.05, 3.63) is 46.5 Å². The third-order valence-corrected chi connectivity index (χ3v) is 1.70. The average molecular weight is 199 g/mol. The molecule has 0 fully saturated rings. The molecule has 1 rings (SSSR count). The Kier molecular flexibility index (Phi) is 3.92. The minimum atomic E-state index is 1.08. The van der Waals surface area contributed by atoms with Crippen LogP contribution in [0.2, 0.25) is 0 Å². The quantitative estimate of drug-likeness (QED) is 0.672. The molecule has 0 radical (unpaired) electrons. The molecule has 0 aliphatic carbocycles. The molecule has 0 saturated carbocycles. The fourth-order valence-electron chi connectivity index (χ4n) is 0.864. The molecule has 0 aliphatic heterocycles. The molecule has 0 amide bonds. The van der Waals surface area contributed by atoms with Gasteiger partial charge < -0.3 is 0 Å². The van der Waals surface area contributed by atoms with Crippen LogP contribution in [-0.4, -0.2) is 0 Å². The fraction of sp³-hybridized carbons (Fsp3) is 0. The maximum atomic E-state index is 5.42. The van der Waals surface area contributed by atoms with Gasteiger partial charge in [0.2, 0.25) is 0 Å². The van der Waals surface area contributed by atoms with Crippen molar-refractivity contribution in [2.24, 2.45) is 0 Å². The first-order valence-corrected chi connectivity index (χ1v) is 4.37. The lowest BCUT2D eigenvalue weighted by atomic mass is 10.1. The van der Waals surface area contributed by atoms with Crippen LogP contribution in [0.4, 0.5) is 0 Å². The van der Waals surface area contributed by atoms with Gasteiger partial charge in [0.15, 0.2) is 0 Å². The molecule has 0 saturated heterocycles. The van der Waals surface area contributed by atoms with E-state index in [1.165, 1.54) is 11.1 Å². The Hall–Kier alpha value is -0.720. The van der Waals surface area contributed by atoms with Crippen LogP contribution in [0.15, 0.2) is 35.3 Å². The van der Waals surface area contributed by atoms with E-state index < -0.39 is 0 Å². The zero-order chi connectivity index (χ0) is 8.81. The topological polar surface area (TPSA) is 0 Å². The number of halogens is 2. The van der Waals surface area contributed by atoms with Gasteiger partial charge in [-0.05, 0) is 23.3 Å². The van der Waals surface area contributed by atoms with Gasteiger partial charge in [-0.2, -0.15) is 0 Å². The third-order valence-electron chi connectivity index (χ3n) is 1.45. The Morgan fingerprint density at radius 3 is 1.33 bits per heavy atom. The van der Waals surface area contributed by atoms with Crippen molar-refractivity contribution in [2.45, 2.75) is 0 Å². The molecule has 0 unspecified atom stereocenters. The molecule has 0 spiro atoms. The highest BCUT2D eigenvalue weighted by atomic mass is 35.5. The van der Waals surface area contributed by atoms with Gasteiger partial charge in [0.25, 0.3) is 0 Å². The molecule has 1 aromatic carbocycles. The minimum Gasteiger partial charge on any atom is -0.0929 e. The van der Waals surface area contributed by atoms with Crippen LogP contribution in [0.5, 0.6) is 0 Å². The van der Waals surface area contributed by atoms with E-state index in [2.05, 4.69) is 0 Å². The second-order valence-corrected chi connectivity index (χ2v) is 2.76. The van der Waals surface area contributed by atoms with E-state index in [4.69, 9.17) is 23.2 Å². The minimum absolute atomic E-state index is 1.08. The van der Waals surface area contributed by atoms with Gasteiger partial charge in [0.1, 0.15) is 0 Å². The van der Waals surface area contributed by atoms with Crippen molar-refractivity contribution in [2.75, 3.05) is 0 Å². The first-order valence-electron chi connectivity index (χ1n) is 3.50. The molecule has 0 heterocycles. The van der Waals surface area contributed by atoms with Crippen LogP contribution >= 0.6 is 23.2 Å². The van der Waals surface area contributed by atoms with Crippen LogP contribution in [0, 0.1) is 0 Å². The summed E-state index contributed by atoms with van der Waals surface area (Å²) in [4.78, 5) is 0. The molecule has 12 heavy (non-hydrogen) atoms. The van der Waals surface area contributed by atoms with Gasteiger partial charge in [0, 0.05) is 11.1 Å². The molecule has 0 bridgehead atoms. The highest BCUT2D eigenvalue weighted by Crippen LogP contribution is 2.08. The van der Waals surface area contributed by atoms with E-state index in [0.717, 1.165) is 11.1 Å². The smallest absolute Gasteiger partial charge is 0.00484 e. The maximum absolute atomic E-state index is 5.42. The summed E-state index contributed by atoms with van der Waals surface area (Å²) in [5, 5.41) is 0. The summed E-state index contributed by atoms with van der Waals surface area (Å²) in [7, 11) is 0. The Morgan fingerprint density at radius 2 is 1.08 bits per heavy atom. The summed E-state index contributed by atoms with van der Waals surface area (Å²) in [6.45, 7) is 0. The van der Waals surface area contributed by atoms with Gasteiger partial charge in [-0.25, -0.2) is 0 Å².